The molecule has 0 spiro atoms. The van der Waals surface area contributed by atoms with Crippen LogP contribution in [0.4, 0.5) is 11.4 Å². The van der Waals surface area contributed by atoms with Crippen molar-refractivity contribution >= 4 is 33.3 Å². The van der Waals surface area contributed by atoms with Gasteiger partial charge in [0, 0.05) is 33.3 Å². The zero-order chi connectivity index (χ0) is 27.4. The van der Waals surface area contributed by atoms with E-state index < -0.39 is 0 Å². The van der Waals surface area contributed by atoms with E-state index in [4.69, 9.17) is 4.42 Å². The van der Waals surface area contributed by atoms with E-state index >= 15 is 0 Å². The molecule has 2 heteroatoms. The Balaban J connectivity index is 1.30. The quantitative estimate of drug-likeness (QED) is 0.211. The molecule has 1 aliphatic rings. The Labute approximate surface area is 235 Å². The standard InChI is InChI=1S/C38H31NO/c1-5-27(6-2)39(29-20-21-35-32(24-29)30-11-7-9-13-34(30)38(35,3)4)28-18-15-25(16-19-28)26-17-22-37-33(23-26)31-12-8-10-14-36(31)40-37/h5-24H,1H2,2-4H3. The van der Waals surface area contributed by atoms with Crippen LogP contribution in [0.5, 0.6) is 0 Å². The number of furan rings is 1. The van der Waals surface area contributed by atoms with Crippen LogP contribution in [-0.4, -0.2) is 0 Å². The van der Waals surface area contributed by atoms with Gasteiger partial charge in [0.25, 0.3) is 0 Å². The Morgan fingerprint density at radius 1 is 0.675 bits per heavy atom. The molecule has 6 aromatic rings. The Morgan fingerprint density at radius 3 is 2.15 bits per heavy atom. The lowest BCUT2D eigenvalue weighted by Gasteiger charge is -2.28. The smallest absolute Gasteiger partial charge is 0.135 e. The molecule has 0 amide bonds. The van der Waals surface area contributed by atoms with E-state index in [9.17, 15) is 0 Å². The maximum absolute atomic E-state index is 6.04. The molecule has 2 nitrogen and oxygen atoms in total. The number of allylic oxidation sites excluding steroid dienone is 2. The van der Waals surface area contributed by atoms with Gasteiger partial charge in [-0.05, 0) is 88.8 Å². The molecule has 0 unspecified atom stereocenters. The molecule has 1 aliphatic carbocycles. The van der Waals surface area contributed by atoms with Crippen LogP contribution in [0.2, 0.25) is 0 Å². The van der Waals surface area contributed by atoms with E-state index in [-0.39, 0.29) is 5.41 Å². The molecule has 0 saturated heterocycles. The lowest BCUT2D eigenvalue weighted by Crippen LogP contribution is -2.17. The van der Waals surface area contributed by atoms with Crippen LogP contribution < -0.4 is 4.90 Å². The van der Waals surface area contributed by atoms with Crippen LogP contribution in [0.3, 0.4) is 0 Å². The van der Waals surface area contributed by atoms with Crippen molar-refractivity contribution in [2.24, 2.45) is 0 Å². The highest BCUT2D eigenvalue weighted by atomic mass is 16.3. The monoisotopic (exact) mass is 517 g/mol. The summed E-state index contributed by atoms with van der Waals surface area (Å²) in [5.41, 5.74) is 12.8. The van der Waals surface area contributed by atoms with Gasteiger partial charge in [0.15, 0.2) is 0 Å². The zero-order valence-corrected chi connectivity index (χ0v) is 23.1. The van der Waals surface area contributed by atoms with Crippen molar-refractivity contribution in [3.05, 3.63) is 145 Å². The van der Waals surface area contributed by atoms with Crippen LogP contribution >= 0.6 is 0 Å². The van der Waals surface area contributed by atoms with E-state index in [1.165, 1.54) is 33.4 Å². The first-order valence-corrected chi connectivity index (χ1v) is 13.8. The van der Waals surface area contributed by atoms with Crippen LogP contribution in [0.25, 0.3) is 44.2 Å². The number of hydrogen-bond donors (Lipinski definition) is 0. The molecule has 1 aromatic heterocycles. The van der Waals surface area contributed by atoms with E-state index in [0.29, 0.717) is 0 Å². The van der Waals surface area contributed by atoms with Gasteiger partial charge in [-0.3, -0.25) is 0 Å². The fourth-order valence-corrected chi connectivity index (χ4v) is 6.34. The lowest BCUT2D eigenvalue weighted by atomic mass is 9.82. The number of anilines is 2. The maximum atomic E-state index is 6.04. The summed E-state index contributed by atoms with van der Waals surface area (Å²) >= 11 is 0. The molecule has 0 bridgehead atoms. The second-order valence-electron chi connectivity index (χ2n) is 11.0. The summed E-state index contributed by atoms with van der Waals surface area (Å²) in [5.74, 6) is 0. The number of hydrogen-bond acceptors (Lipinski definition) is 2. The van der Waals surface area contributed by atoms with Gasteiger partial charge in [-0.15, -0.1) is 0 Å². The van der Waals surface area contributed by atoms with E-state index in [1.54, 1.807) is 0 Å². The fraction of sp³-hybridized carbons (Fsp3) is 0.105. The second-order valence-corrected chi connectivity index (χ2v) is 11.0. The second kappa shape index (κ2) is 9.14. The third-order valence-corrected chi connectivity index (χ3v) is 8.42. The summed E-state index contributed by atoms with van der Waals surface area (Å²) in [4.78, 5) is 2.29. The van der Waals surface area contributed by atoms with E-state index in [1.807, 2.05) is 18.2 Å². The number of nitrogens with zero attached hydrogens (tertiary/aromatic N) is 1. The third kappa shape index (κ3) is 3.64. The van der Waals surface area contributed by atoms with Gasteiger partial charge in [0.2, 0.25) is 0 Å². The van der Waals surface area contributed by atoms with Crippen molar-refractivity contribution in [1.29, 1.82) is 0 Å². The molecule has 0 aliphatic heterocycles. The first-order chi connectivity index (χ1) is 19.5. The van der Waals surface area contributed by atoms with Gasteiger partial charge >= 0.3 is 0 Å². The molecule has 194 valence electrons. The van der Waals surface area contributed by atoms with Gasteiger partial charge in [0.05, 0.1) is 0 Å². The van der Waals surface area contributed by atoms with Crippen molar-refractivity contribution in [3.8, 4) is 22.3 Å². The molecule has 0 radical (unpaired) electrons. The van der Waals surface area contributed by atoms with Crippen LogP contribution in [0.1, 0.15) is 31.9 Å². The largest absolute Gasteiger partial charge is 0.456 e. The molecule has 7 rings (SSSR count). The molecule has 40 heavy (non-hydrogen) atoms. The molecule has 0 saturated carbocycles. The van der Waals surface area contributed by atoms with Crippen molar-refractivity contribution < 1.29 is 4.42 Å². The Bertz CT molecular complexity index is 1950. The topological polar surface area (TPSA) is 16.4 Å². The average molecular weight is 518 g/mol. The normalized spacial score (nSPS) is 13.8. The summed E-state index contributed by atoms with van der Waals surface area (Å²) in [6.45, 7) is 10.8. The zero-order valence-electron chi connectivity index (χ0n) is 23.1. The van der Waals surface area contributed by atoms with Gasteiger partial charge in [-0.1, -0.05) is 93.2 Å². The van der Waals surface area contributed by atoms with Crippen molar-refractivity contribution in [2.75, 3.05) is 4.90 Å². The third-order valence-electron chi connectivity index (χ3n) is 8.42. The van der Waals surface area contributed by atoms with Crippen LogP contribution in [-0.2, 0) is 5.41 Å². The summed E-state index contributed by atoms with van der Waals surface area (Å²) in [6.07, 6.45) is 4.04. The highest BCUT2D eigenvalue weighted by Crippen LogP contribution is 2.50. The number of rotatable bonds is 5. The molecular weight excluding hydrogens is 486 g/mol. The average Bonchev–Trinajstić information content (AvgIpc) is 3.48. The van der Waals surface area contributed by atoms with E-state index in [2.05, 4.69) is 135 Å². The first-order valence-electron chi connectivity index (χ1n) is 13.8. The SMILES string of the molecule is C=CC(=CC)N(c1ccc(-c2ccc3oc4ccccc4c3c2)cc1)c1ccc2c(c1)-c1ccccc1C2(C)C. The molecular formula is C38H31NO. The first kappa shape index (κ1) is 24.2. The Morgan fingerprint density at radius 2 is 1.35 bits per heavy atom. The van der Waals surface area contributed by atoms with E-state index in [0.717, 1.165) is 39.0 Å². The Hall–Kier alpha value is -4.82. The van der Waals surface area contributed by atoms with Crippen LogP contribution in [0.15, 0.2) is 138 Å². The van der Waals surface area contributed by atoms with Crippen molar-refractivity contribution in [3.63, 3.8) is 0 Å². The molecule has 5 aromatic carbocycles. The molecule has 0 fully saturated rings. The Kier molecular flexibility index (Phi) is 5.54. The maximum Gasteiger partial charge on any atom is 0.135 e. The van der Waals surface area contributed by atoms with Crippen LogP contribution in [0, 0.1) is 0 Å². The predicted molar refractivity (Wildman–Crippen MR) is 169 cm³/mol. The highest BCUT2D eigenvalue weighted by Gasteiger charge is 2.35. The summed E-state index contributed by atoms with van der Waals surface area (Å²) in [5, 5.41) is 2.29. The summed E-state index contributed by atoms with van der Waals surface area (Å²) in [6, 6.07) is 39.1. The van der Waals surface area contributed by atoms with Gasteiger partial charge in [-0.25, -0.2) is 0 Å². The highest BCUT2D eigenvalue weighted by molar-refractivity contribution is 6.06. The number of fused-ring (bicyclic) bond motifs is 6. The van der Waals surface area contributed by atoms with Crippen molar-refractivity contribution in [2.45, 2.75) is 26.2 Å². The van der Waals surface area contributed by atoms with Crippen molar-refractivity contribution in [1.82, 2.24) is 0 Å². The van der Waals surface area contributed by atoms with Gasteiger partial charge in [-0.2, -0.15) is 0 Å². The molecule has 0 atom stereocenters. The minimum atomic E-state index is -0.0137. The minimum absolute atomic E-state index is 0.0137. The number of benzene rings is 5. The lowest BCUT2D eigenvalue weighted by molar-refractivity contribution is 0.660. The summed E-state index contributed by atoms with van der Waals surface area (Å²) in [7, 11) is 0. The minimum Gasteiger partial charge on any atom is -0.456 e. The van der Waals surface area contributed by atoms with Gasteiger partial charge < -0.3 is 9.32 Å². The van der Waals surface area contributed by atoms with Gasteiger partial charge in [0.1, 0.15) is 11.2 Å². The predicted octanol–water partition coefficient (Wildman–Crippen LogP) is 10.8. The molecule has 1 heterocycles. The molecule has 0 N–H and O–H groups in total. The fourth-order valence-electron chi connectivity index (χ4n) is 6.34. The summed E-state index contributed by atoms with van der Waals surface area (Å²) < 4.78 is 6.04. The number of para-hydroxylation sites is 1.